The molecule has 134 valence electrons. The van der Waals surface area contributed by atoms with Crippen molar-refractivity contribution >= 4 is 21.9 Å². The first kappa shape index (κ1) is 20.1. The molecular weight excluding hydrogens is 336 g/mol. The number of benzene rings is 1. The van der Waals surface area contributed by atoms with E-state index in [1.54, 1.807) is 13.8 Å². The highest BCUT2D eigenvalue weighted by Gasteiger charge is 2.30. The molecule has 8 nitrogen and oxygen atoms in total. The minimum absolute atomic E-state index is 0.0697. The largest absolute Gasteiger partial charge is 0.479 e. The van der Waals surface area contributed by atoms with Gasteiger partial charge in [-0.2, -0.15) is 4.31 Å². The first-order valence-corrected chi connectivity index (χ1v) is 8.84. The van der Waals surface area contributed by atoms with Crippen LogP contribution in [0.5, 0.6) is 0 Å². The Hall–Kier alpha value is -1.97. The first-order valence-electron chi connectivity index (χ1n) is 7.40. The van der Waals surface area contributed by atoms with E-state index in [4.69, 9.17) is 5.11 Å². The lowest BCUT2D eigenvalue weighted by atomic mass is 10.1. The molecule has 1 amide bonds. The lowest BCUT2D eigenvalue weighted by Crippen LogP contribution is -2.46. The van der Waals surface area contributed by atoms with Gasteiger partial charge in [0.25, 0.3) is 5.91 Å². The van der Waals surface area contributed by atoms with E-state index in [1.807, 2.05) is 0 Å². The van der Waals surface area contributed by atoms with Gasteiger partial charge in [-0.1, -0.05) is 13.8 Å². The van der Waals surface area contributed by atoms with Crippen LogP contribution in [-0.4, -0.2) is 60.0 Å². The van der Waals surface area contributed by atoms with Gasteiger partial charge in [-0.3, -0.25) is 4.79 Å². The third kappa shape index (κ3) is 4.53. The molecule has 0 aliphatic carbocycles. The van der Waals surface area contributed by atoms with Gasteiger partial charge >= 0.3 is 5.97 Å². The number of carbonyl (C=O) groups is 2. The average Bonchev–Trinajstić information content (AvgIpc) is 2.53. The van der Waals surface area contributed by atoms with E-state index in [2.05, 4.69) is 5.32 Å². The molecule has 1 atom stereocenters. The van der Waals surface area contributed by atoms with Crippen LogP contribution in [0, 0.1) is 0 Å². The number of hydrogen-bond acceptors (Lipinski definition) is 5. The van der Waals surface area contributed by atoms with Crippen molar-refractivity contribution < 1.29 is 28.2 Å². The van der Waals surface area contributed by atoms with E-state index < -0.39 is 34.0 Å². The normalized spacial score (nSPS) is 14.2. The highest BCUT2D eigenvalue weighted by molar-refractivity contribution is 7.89. The van der Waals surface area contributed by atoms with Crippen molar-refractivity contribution in [2.45, 2.75) is 31.3 Å². The number of hydrogen-bond donors (Lipinski definition) is 3. The molecule has 0 aliphatic heterocycles. The maximum atomic E-state index is 12.3. The van der Waals surface area contributed by atoms with E-state index >= 15 is 0 Å². The maximum Gasteiger partial charge on any atom is 0.337 e. The fourth-order valence-electron chi connectivity index (χ4n) is 1.92. The number of amides is 1. The fourth-order valence-corrected chi connectivity index (χ4v) is 3.38. The lowest BCUT2D eigenvalue weighted by Gasteiger charge is -2.19. The van der Waals surface area contributed by atoms with Crippen molar-refractivity contribution in [1.82, 2.24) is 9.62 Å². The van der Waals surface area contributed by atoms with Crippen LogP contribution in [0.2, 0.25) is 0 Å². The monoisotopic (exact) mass is 358 g/mol. The number of rotatable bonds is 8. The summed E-state index contributed by atoms with van der Waals surface area (Å²) in [6, 6.07) is 5.30. The number of aliphatic hydroxyl groups is 1. The molecule has 24 heavy (non-hydrogen) atoms. The summed E-state index contributed by atoms with van der Waals surface area (Å²) in [4.78, 5) is 22.8. The fraction of sp³-hybridized carbons (Fsp3) is 0.467. The van der Waals surface area contributed by atoms with Crippen LogP contribution in [-0.2, 0) is 14.8 Å². The van der Waals surface area contributed by atoms with Crippen molar-refractivity contribution in [3.05, 3.63) is 29.8 Å². The molecule has 0 aromatic heterocycles. The van der Waals surface area contributed by atoms with Crippen LogP contribution in [0.3, 0.4) is 0 Å². The Morgan fingerprint density at radius 2 is 1.67 bits per heavy atom. The van der Waals surface area contributed by atoms with Gasteiger partial charge in [0.05, 0.1) is 11.4 Å². The highest BCUT2D eigenvalue weighted by atomic mass is 32.2. The Bertz CT molecular complexity index is 693. The smallest absolute Gasteiger partial charge is 0.337 e. The van der Waals surface area contributed by atoms with Crippen molar-refractivity contribution in [3.8, 4) is 0 Å². The molecule has 1 aromatic carbocycles. The molecule has 0 bridgehead atoms. The summed E-state index contributed by atoms with van der Waals surface area (Å²) in [5, 5.41) is 20.6. The Kier molecular flexibility index (Phi) is 6.47. The zero-order valence-electron chi connectivity index (χ0n) is 13.8. The van der Waals surface area contributed by atoms with Crippen LogP contribution in [0.4, 0.5) is 0 Å². The Balaban J connectivity index is 2.88. The number of nitrogens with one attached hydrogen (secondary N) is 1. The number of nitrogens with zero attached hydrogens (tertiary/aromatic N) is 1. The van der Waals surface area contributed by atoms with Gasteiger partial charge in [0.1, 0.15) is 0 Å². The predicted molar refractivity (Wildman–Crippen MR) is 87.1 cm³/mol. The van der Waals surface area contributed by atoms with E-state index in [9.17, 15) is 23.1 Å². The van der Waals surface area contributed by atoms with Gasteiger partial charge in [0.15, 0.2) is 5.60 Å². The second kappa shape index (κ2) is 7.73. The Morgan fingerprint density at radius 3 is 2.08 bits per heavy atom. The molecule has 0 aliphatic rings. The van der Waals surface area contributed by atoms with Crippen molar-refractivity contribution in [2.24, 2.45) is 0 Å². The van der Waals surface area contributed by atoms with Crippen LogP contribution in [0.25, 0.3) is 0 Å². The SMILES string of the molecule is CCN(CC)S(=O)(=O)c1ccc(C(=O)NCC(C)(O)C(=O)O)cc1. The third-order valence-electron chi connectivity index (χ3n) is 3.51. The van der Waals surface area contributed by atoms with E-state index in [0.717, 1.165) is 6.92 Å². The molecule has 1 aromatic rings. The highest BCUT2D eigenvalue weighted by Crippen LogP contribution is 2.16. The first-order chi connectivity index (χ1) is 11.1. The predicted octanol–water partition coefficient (Wildman–Crippen LogP) is 0.283. The summed E-state index contributed by atoms with van der Waals surface area (Å²) in [6.07, 6.45) is 0. The number of aliphatic carboxylic acids is 1. The summed E-state index contributed by atoms with van der Waals surface area (Å²) in [5.74, 6) is -2.06. The maximum absolute atomic E-state index is 12.3. The summed E-state index contributed by atoms with van der Waals surface area (Å²) < 4.78 is 26.0. The zero-order valence-corrected chi connectivity index (χ0v) is 14.6. The van der Waals surface area contributed by atoms with Crippen molar-refractivity contribution in [3.63, 3.8) is 0 Å². The van der Waals surface area contributed by atoms with Gasteiger partial charge in [-0.25, -0.2) is 13.2 Å². The molecule has 0 spiro atoms. The van der Waals surface area contributed by atoms with Crippen LogP contribution < -0.4 is 5.32 Å². The van der Waals surface area contributed by atoms with Gasteiger partial charge in [0, 0.05) is 18.7 Å². The molecule has 1 rings (SSSR count). The minimum atomic E-state index is -3.61. The second-order valence-corrected chi connectivity index (χ2v) is 7.31. The third-order valence-corrected chi connectivity index (χ3v) is 5.58. The Morgan fingerprint density at radius 1 is 1.17 bits per heavy atom. The quantitative estimate of drug-likeness (QED) is 0.613. The van der Waals surface area contributed by atoms with E-state index in [1.165, 1.54) is 28.6 Å². The van der Waals surface area contributed by atoms with Gasteiger partial charge in [-0.05, 0) is 31.2 Å². The summed E-state index contributed by atoms with van der Waals surface area (Å²) in [6.45, 7) is 4.74. The van der Waals surface area contributed by atoms with Gasteiger partial charge in [0.2, 0.25) is 10.0 Å². The standard InChI is InChI=1S/C15H22N2O6S/c1-4-17(5-2)24(22,23)12-8-6-11(7-9-12)13(18)16-10-15(3,21)14(19)20/h6-9,21H,4-5,10H2,1-3H3,(H,16,18)(H,19,20). The van der Waals surface area contributed by atoms with E-state index in [-0.39, 0.29) is 10.5 Å². The average molecular weight is 358 g/mol. The van der Waals surface area contributed by atoms with Crippen molar-refractivity contribution in [2.75, 3.05) is 19.6 Å². The van der Waals surface area contributed by atoms with Crippen molar-refractivity contribution in [1.29, 1.82) is 0 Å². The number of sulfonamides is 1. The van der Waals surface area contributed by atoms with Crippen LogP contribution in [0.15, 0.2) is 29.2 Å². The summed E-state index contributed by atoms with van der Waals surface area (Å²) in [5.41, 5.74) is -1.92. The summed E-state index contributed by atoms with van der Waals surface area (Å²) in [7, 11) is -3.61. The molecule has 9 heteroatoms. The number of carboxylic acids is 1. The number of carboxylic acid groups (broad SMARTS) is 1. The zero-order chi connectivity index (χ0) is 18.5. The van der Waals surface area contributed by atoms with E-state index in [0.29, 0.717) is 13.1 Å². The second-order valence-electron chi connectivity index (χ2n) is 5.38. The molecule has 0 saturated heterocycles. The molecule has 0 saturated carbocycles. The molecule has 0 fully saturated rings. The molecule has 1 unspecified atom stereocenters. The molecule has 3 N–H and O–H groups in total. The number of carbonyl (C=O) groups excluding carboxylic acids is 1. The van der Waals surface area contributed by atoms with Gasteiger partial charge < -0.3 is 15.5 Å². The molecule has 0 radical (unpaired) electrons. The summed E-state index contributed by atoms with van der Waals surface area (Å²) >= 11 is 0. The Labute approximate surface area is 141 Å². The lowest BCUT2D eigenvalue weighted by molar-refractivity contribution is -0.155. The minimum Gasteiger partial charge on any atom is -0.479 e. The molecule has 0 heterocycles. The van der Waals surface area contributed by atoms with Crippen LogP contribution in [0.1, 0.15) is 31.1 Å². The van der Waals surface area contributed by atoms with Gasteiger partial charge in [-0.15, -0.1) is 0 Å². The van der Waals surface area contributed by atoms with Crippen LogP contribution >= 0.6 is 0 Å². The molecular formula is C15H22N2O6S. The topological polar surface area (TPSA) is 124 Å².